The van der Waals surface area contributed by atoms with Crippen molar-refractivity contribution in [1.29, 1.82) is 0 Å². The van der Waals surface area contributed by atoms with Crippen molar-refractivity contribution >= 4 is 34.8 Å². The molecule has 138 valence electrons. The number of aryl methyl sites for hydroxylation is 2. The maximum Gasteiger partial charge on any atom is 0.274 e. The predicted octanol–water partition coefficient (Wildman–Crippen LogP) is 4.75. The van der Waals surface area contributed by atoms with Gasteiger partial charge < -0.3 is 15.4 Å². The smallest absolute Gasteiger partial charge is 0.274 e. The van der Waals surface area contributed by atoms with E-state index in [1.165, 1.54) is 0 Å². The standard InChI is InChI=1S/C20H19ClN4O2/c1-12-7-8-18(27-3)16(9-12)24-19(26)17-10-13(2)22-20(25-17)23-15-6-4-5-14(21)11-15/h4-11H,1-3H3,(H,24,26)(H,22,23,25). The van der Waals surface area contributed by atoms with Crippen LogP contribution < -0.4 is 15.4 Å². The highest BCUT2D eigenvalue weighted by Crippen LogP contribution is 2.26. The molecule has 0 atom stereocenters. The molecule has 0 aliphatic carbocycles. The van der Waals surface area contributed by atoms with E-state index in [-0.39, 0.29) is 11.6 Å². The van der Waals surface area contributed by atoms with E-state index in [0.717, 1.165) is 11.3 Å². The number of nitrogens with zero attached hydrogens (tertiary/aromatic N) is 2. The third kappa shape index (κ3) is 4.74. The van der Waals surface area contributed by atoms with Crippen LogP contribution in [-0.2, 0) is 0 Å². The number of hydrogen-bond donors (Lipinski definition) is 2. The number of amides is 1. The average molecular weight is 383 g/mol. The number of methoxy groups -OCH3 is 1. The average Bonchev–Trinajstić information content (AvgIpc) is 2.61. The first-order chi connectivity index (χ1) is 12.9. The molecule has 0 spiro atoms. The summed E-state index contributed by atoms with van der Waals surface area (Å²) in [7, 11) is 1.56. The summed E-state index contributed by atoms with van der Waals surface area (Å²) in [5.41, 5.74) is 3.24. The summed E-state index contributed by atoms with van der Waals surface area (Å²) in [6, 6.07) is 14.4. The maximum atomic E-state index is 12.7. The Bertz CT molecular complexity index is 991. The molecule has 0 fully saturated rings. The van der Waals surface area contributed by atoms with Crippen LogP contribution >= 0.6 is 11.6 Å². The number of nitrogens with one attached hydrogen (secondary N) is 2. The van der Waals surface area contributed by atoms with Crippen LogP contribution in [0.15, 0.2) is 48.5 Å². The second kappa shape index (κ2) is 8.05. The molecule has 6 nitrogen and oxygen atoms in total. The van der Waals surface area contributed by atoms with Gasteiger partial charge in [0.2, 0.25) is 5.95 Å². The first-order valence-corrected chi connectivity index (χ1v) is 8.66. The van der Waals surface area contributed by atoms with Gasteiger partial charge in [-0.3, -0.25) is 4.79 Å². The van der Waals surface area contributed by atoms with Gasteiger partial charge in [0.25, 0.3) is 5.91 Å². The topological polar surface area (TPSA) is 76.1 Å². The lowest BCUT2D eigenvalue weighted by atomic mass is 10.2. The Labute approximate surface area is 162 Å². The minimum atomic E-state index is -0.349. The van der Waals surface area contributed by atoms with Gasteiger partial charge in [0.1, 0.15) is 11.4 Å². The fraction of sp³-hybridized carbons (Fsp3) is 0.150. The van der Waals surface area contributed by atoms with Crippen molar-refractivity contribution in [3.8, 4) is 5.75 Å². The Balaban J connectivity index is 1.85. The third-order valence-corrected chi connectivity index (χ3v) is 4.01. The summed E-state index contributed by atoms with van der Waals surface area (Å²) in [6.45, 7) is 3.74. The van der Waals surface area contributed by atoms with Crippen molar-refractivity contribution in [1.82, 2.24) is 9.97 Å². The third-order valence-electron chi connectivity index (χ3n) is 3.77. The number of rotatable bonds is 5. The molecule has 0 radical (unpaired) electrons. The number of benzene rings is 2. The van der Waals surface area contributed by atoms with Crippen molar-refractivity contribution in [3.63, 3.8) is 0 Å². The van der Waals surface area contributed by atoms with Crippen LogP contribution in [0, 0.1) is 13.8 Å². The van der Waals surface area contributed by atoms with Gasteiger partial charge in [-0.1, -0.05) is 23.7 Å². The van der Waals surface area contributed by atoms with Crippen LogP contribution in [0.2, 0.25) is 5.02 Å². The maximum absolute atomic E-state index is 12.7. The molecule has 3 aromatic rings. The van der Waals surface area contributed by atoms with Gasteiger partial charge in [0.15, 0.2) is 0 Å². The second-order valence-electron chi connectivity index (χ2n) is 6.01. The molecule has 0 aliphatic heterocycles. The molecule has 7 heteroatoms. The first kappa shape index (κ1) is 18.7. The molecular formula is C20H19ClN4O2. The van der Waals surface area contributed by atoms with Crippen molar-refractivity contribution < 1.29 is 9.53 Å². The number of aromatic nitrogens is 2. The SMILES string of the molecule is COc1ccc(C)cc1NC(=O)c1cc(C)nc(Nc2cccc(Cl)c2)n1. The quantitative estimate of drug-likeness (QED) is 0.665. The van der Waals surface area contributed by atoms with Gasteiger partial charge in [-0.2, -0.15) is 0 Å². The number of carbonyl (C=O) groups is 1. The first-order valence-electron chi connectivity index (χ1n) is 8.29. The van der Waals surface area contributed by atoms with E-state index in [4.69, 9.17) is 16.3 Å². The van der Waals surface area contributed by atoms with E-state index in [9.17, 15) is 4.79 Å². The van der Waals surface area contributed by atoms with Gasteiger partial charge in [-0.05, 0) is 55.8 Å². The Morgan fingerprint density at radius 2 is 1.89 bits per heavy atom. The summed E-state index contributed by atoms with van der Waals surface area (Å²) in [5.74, 6) is 0.550. The Hall–Kier alpha value is -3.12. The molecule has 2 aromatic carbocycles. The van der Waals surface area contributed by atoms with Crippen molar-refractivity contribution in [2.75, 3.05) is 17.7 Å². The molecule has 1 amide bonds. The number of ether oxygens (including phenoxy) is 1. The second-order valence-corrected chi connectivity index (χ2v) is 6.45. The highest BCUT2D eigenvalue weighted by atomic mass is 35.5. The van der Waals surface area contributed by atoms with Gasteiger partial charge in [0, 0.05) is 16.4 Å². The van der Waals surface area contributed by atoms with E-state index in [1.54, 1.807) is 32.2 Å². The van der Waals surface area contributed by atoms with E-state index < -0.39 is 0 Å². The minimum absolute atomic E-state index is 0.246. The summed E-state index contributed by atoms with van der Waals surface area (Å²) < 4.78 is 5.30. The lowest BCUT2D eigenvalue weighted by Crippen LogP contribution is -2.16. The van der Waals surface area contributed by atoms with Crippen molar-refractivity contribution in [3.05, 3.63) is 70.5 Å². The van der Waals surface area contributed by atoms with Crippen LogP contribution in [0.3, 0.4) is 0 Å². The van der Waals surface area contributed by atoms with E-state index in [1.807, 2.05) is 37.3 Å². The molecule has 1 heterocycles. The summed E-state index contributed by atoms with van der Waals surface area (Å²) in [4.78, 5) is 21.3. The predicted molar refractivity (Wildman–Crippen MR) is 107 cm³/mol. The fourth-order valence-corrected chi connectivity index (χ4v) is 2.73. The number of hydrogen-bond acceptors (Lipinski definition) is 5. The summed E-state index contributed by atoms with van der Waals surface area (Å²) in [5, 5.41) is 6.50. The summed E-state index contributed by atoms with van der Waals surface area (Å²) in [6.07, 6.45) is 0. The van der Waals surface area contributed by atoms with Crippen LogP contribution in [0.25, 0.3) is 0 Å². The molecule has 0 bridgehead atoms. The Kier molecular flexibility index (Phi) is 5.57. The van der Waals surface area contributed by atoms with E-state index in [0.29, 0.717) is 28.1 Å². The largest absolute Gasteiger partial charge is 0.495 e. The van der Waals surface area contributed by atoms with Crippen LogP contribution in [0.1, 0.15) is 21.7 Å². The molecule has 0 saturated heterocycles. The van der Waals surface area contributed by atoms with Crippen LogP contribution in [0.4, 0.5) is 17.3 Å². The van der Waals surface area contributed by atoms with Crippen molar-refractivity contribution in [2.24, 2.45) is 0 Å². The Morgan fingerprint density at radius 1 is 1.07 bits per heavy atom. The Morgan fingerprint density at radius 3 is 2.63 bits per heavy atom. The van der Waals surface area contributed by atoms with Gasteiger partial charge in [-0.25, -0.2) is 9.97 Å². The zero-order valence-corrected chi connectivity index (χ0v) is 16.0. The summed E-state index contributed by atoms with van der Waals surface area (Å²) >= 11 is 6.00. The van der Waals surface area contributed by atoms with Gasteiger partial charge in [-0.15, -0.1) is 0 Å². The zero-order chi connectivity index (χ0) is 19.4. The van der Waals surface area contributed by atoms with Gasteiger partial charge in [0.05, 0.1) is 12.8 Å². The molecule has 2 N–H and O–H groups in total. The monoisotopic (exact) mass is 382 g/mol. The molecule has 3 rings (SSSR count). The fourth-order valence-electron chi connectivity index (χ4n) is 2.54. The minimum Gasteiger partial charge on any atom is -0.495 e. The van der Waals surface area contributed by atoms with E-state index in [2.05, 4.69) is 20.6 Å². The molecule has 1 aromatic heterocycles. The highest BCUT2D eigenvalue weighted by Gasteiger charge is 2.14. The van der Waals surface area contributed by atoms with Crippen LogP contribution in [0.5, 0.6) is 5.75 Å². The van der Waals surface area contributed by atoms with E-state index >= 15 is 0 Å². The normalized spacial score (nSPS) is 10.4. The van der Waals surface area contributed by atoms with Gasteiger partial charge >= 0.3 is 0 Å². The molecule has 27 heavy (non-hydrogen) atoms. The molecule has 0 saturated carbocycles. The lowest BCUT2D eigenvalue weighted by molar-refractivity contribution is 0.102. The number of carbonyl (C=O) groups excluding carboxylic acids is 1. The molecule has 0 aliphatic rings. The molecule has 0 unspecified atom stereocenters. The highest BCUT2D eigenvalue weighted by molar-refractivity contribution is 6.30. The zero-order valence-electron chi connectivity index (χ0n) is 15.2. The number of anilines is 3. The van der Waals surface area contributed by atoms with Crippen molar-refractivity contribution in [2.45, 2.75) is 13.8 Å². The number of halogens is 1. The van der Waals surface area contributed by atoms with Crippen LogP contribution in [-0.4, -0.2) is 23.0 Å². The lowest BCUT2D eigenvalue weighted by Gasteiger charge is -2.12. The molecular weight excluding hydrogens is 364 g/mol.